The molecule has 198 valence electrons. The number of allylic oxidation sites excluding steroid dienone is 1. The fourth-order valence-corrected chi connectivity index (χ4v) is 4.55. The Kier molecular flexibility index (Phi) is 11.8. The molecule has 3 N–H and O–H groups in total. The van der Waals surface area contributed by atoms with Gasteiger partial charge in [-0.2, -0.15) is 0 Å². The van der Waals surface area contributed by atoms with Crippen LogP contribution in [-0.4, -0.2) is 92.0 Å². The maximum Gasteiger partial charge on any atom is 0.247 e. The predicted molar refractivity (Wildman–Crippen MR) is 141 cm³/mol. The van der Waals surface area contributed by atoms with Gasteiger partial charge in [0.25, 0.3) is 0 Å². The summed E-state index contributed by atoms with van der Waals surface area (Å²) in [4.78, 5) is 38.6. The number of nitrogens with zero attached hydrogens (tertiary/aromatic N) is 1. The van der Waals surface area contributed by atoms with Crippen LogP contribution in [0.2, 0.25) is 0 Å². The number of amides is 2. The zero-order chi connectivity index (χ0) is 26.8. The van der Waals surface area contributed by atoms with E-state index in [9.17, 15) is 19.5 Å². The fraction of sp³-hybridized carbons (Fsp3) is 0.480. The maximum absolute atomic E-state index is 13.1. The van der Waals surface area contributed by atoms with Gasteiger partial charge in [0.2, 0.25) is 11.8 Å². The van der Waals surface area contributed by atoms with E-state index in [1.807, 2.05) is 22.6 Å². The van der Waals surface area contributed by atoms with Gasteiger partial charge in [-0.25, -0.2) is 0 Å². The molecular weight excluding hydrogens is 583 g/mol. The van der Waals surface area contributed by atoms with Crippen LogP contribution in [0.25, 0.3) is 0 Å². The van der Waals surface area contributed by atoms with Crippen molar-refractivity contribution in [2.24, 2.45) is 0 Å². The number of ether oxygens (including phenoxy) is 3. The Morgan fingerprint density at radius 2 is 2.00 bits per heavy atom. The Balaban J connectivity index is 2.52. The van der Waals surface area contributed by atoms with Crippen LogP contribution in [0, 0.1) is 3.57 Å². The van der Waals surface area contributed by atoms with Gasteiger partial charge in [0.05, 0.1) is 29.9 Å². The van der Waals surface area contributed by atoms with E-state index in [1.54, 1.807) is 19.9 Å². The summed E-state index contributed by atoms with van der Waals surface area (Å²) in [6, 6.07) is 2.32. The second-order valence-electron chi connectivity index (χ2n) is 8.41. The molecule has 2 amide bonds. The van der Waals surface area contributed by atoms with Gasteiger partial charge in [-0.05, 0) is 54.6 Å². The van der Waals surface area contributed by atoms with Crippen LogP contribution < -0.4 is 14.8 Å². The fourth-order valence-electron chi connectivity index (χ4n) is 3.80. The molecule has 36 heavy (non-hydrogen) atoms. The van der Waals surface area contributed by atoms with E-state index in [1.165, 1.54) is 37.3 Å². The molecule has 3 unspecified atom stereocenters. The van der Waals surface area contributed by atoms with E-state index in [2.05, 4.69) is 5.32 Å². The Labute approximate surface area is 224 Å². The van der Waals surface area contributed by atoms with Crippen molar-refractivity contribution in [3.05, 3.63) is 44.6 Å². The number of benzene rings is 1. The molecular formula is C25H33IN2O8. The number of halogens is 1. The van der Waals surface area contributed by atoms with Gasteiger partial charge >= 0.3 is 0 Å². The molecule has 0 spiro atoms. The standard InChI is InChI=1S/C25H33IN2O8/c1-15(2)9-22(31)28(6-8-34-3)19-12-17(25(33)27-5-7-29)13-20(23(19)32)36-24-18(26)10-16(14-30)11-21(24)35-4/h9-11,13-14,19-20,23,29,32H,5-8,12H2,1-4H3,(H,27,33). The topological polar surface area (TPSA) is 135 Å². The summed E-state index contributed by atoms with van der Waals surface area (Å²) in [7, 11) is 2.94. The van der Waals surface area contributed by atoms with Crippen molar-refractivity contribution >= 4 is 40.7 Å². The Morgan fingerprint density at radius 1 is 1.28 bits per heavy atom. The van der Waals surface area contributed by atoms with Crippen LogP contribution in [0.4, 0.5) is 0 Å². The SMILES string of the molecule is COCCN(C(=O)C=C(C)C)C1CC(C(=O)NCCO)=CC(Oc2c(I)cc(C=O)cc2OC)C1O. The summed E-state index contributed by atoms with van der Waals surface area (Å²) in [5, 5.41) is 23.1. The summed E-state index contributed by atoms with van der Waals surface area (Å²) in [6.45, 7) is 3.82. The number of carbonyl (C=O) groups excluding carboxylic acids is 3. The number of hydrogen-bond acceptors (Lipinski definition) is 8. The predicted octanol–water partition coefficient (Wildman–Crippen LogP) is 1.47. The summed E-state index contributed by atoms with van der Waals surface area (Å²) in [6.07, 6.45) is 1.52. The number of nitrogens with one attached hydrogen (secondary N) is 1. The molecule has 1 aromatic carbocycles. The van der Waals surface area contributed by atoms with Gasteiger partial charge < -0.3 is 34.6 Å². The van der Waals surface area contributed by atoms with Crippen molar-refractivity contribution in [1.82, 2.24) is 10.2 Å². The van der Waals surface area contributed by atoms with E-state index in [4.69, 9.17) is 19.3 Å². The van der Waals surface area contributed by atoms with Gasteiger partial charge in [-0.15, -0.1) is 0 Å². The monoisotopic (exact) mass is 616 g/mol. The molecule has 1 aromatic rings. The number of carbonyl (C=O) groups is 3. The molecule has 0 saturated carbocycles. The van der Waals surface area contributed by atoms with E-state index >= 15 is 0 Å². The van der Waals surface area contributed by atoms with Crippen molar-refractivity contribution in [1.29, 1.82) is 0 Å². The van der Waals surface area contributed by atoms with E-state index in [0.29, 0.717) is 26.7 Å². The van der Waals surface area contributed by atoms with Gasteiger partial charge in [0.1, 0.15) is 18.5 Å². The third-order valence-electron chi connectivity index (χ3n) is 5.49. The van der Waals surface area contributed by atoms with Crippen LogP contribution >= 0.6 is 22.6 Å². The Hall–Kier alpha value is -2.48. The molecule has 0 heterocycles. The average Bonchev–Trinajstić information content (AvgIpc) is 2.84. The first kappa shape index (κ1) is 29.7. The summed E-state index contributed by atoms with van der Waals surface area (Å²) >= 11 is 2.00. The third-order valence-corrected chi connectivity index (χ3v) is 6.29. The Bertz CT molecular complexity index is 1010. The Morgan fingerprint density at radius 3 is 2.58 bits per heavy atom. The number of aliphatic hydroxyl groups excluding tert-OH is 2. The number of aliphatic hydroxyl groups is 2. The van der Waals surface area contributed by atoms with Gasteiger partial charge in [-0.1, -0.05) is 5.57 Å². The molecule has 1 aliphatic rings. The second kappa shape index (κ2) is 14.3. The van der Waals surface area contributed by atoms with Gasteiger partial charge in [-0.3, -0.25) is 14.4 Å². The van der Waals surface area contributed by atoms with Crippen LogP contribution in [0.15, 0.2) is 35.4 Å². The van der Waals surface area contributed by atoms with Crippen LogP contribution in [0.3, 0.4) is 0 Å². The minimum atomic E-state index is -1.20. The highest BCUT2D eigenvalue weighted by Gasteiger charge is 2.40. The molecule has 0 aliphatic heterocycles. The van der Waals surface area contributed by atoms with E-state index in [0.717, 1.165) is 5.57 Å². The number of methoxy groups -OCH3 is 2. The quantitative estimate of drug-likeness (QED) is 0.183. The first-order valence-electron chi connectivity index (χ1n) is 11.4. The molecule has 1 aliphatic carbocycles. The molecule has 11 heteroatoms. The normalized spacial score (nSPS) is 19.1. The largest absolute Gasteiger partial charge is 0.493 e. The van der Waals surface area contributed by atoms with Crippen LogP contribution in [0.5, 0.6) is 11.5 Å². The number of hydrogen-bond donors (Lipinski definition) is 3. The lowest BCUT2D eigenvalue weighted by Gasteiger charge is -2.40. The molecule has 2 rings (SSSR count). The molecule has 3 atom stereocenters. The molecule has 0 bridgehead atoms. The molecule has 0 aromatic heterocycles. The van der Waals surface area contributed by atoms with Crippen molar-refractivity contribution in [3.63, 3.8) is 0 Å². The lowest BCUT2D eigenvalue weighted by atomic mass is 9.88. The number of aldehydes is 1. The first-order valence-corrected chi connectivity index (χ1v) is 12.5. The van der Waals surface area contributed by atoms with Crippen LogP contribution in [-0.2, 0) is 14.3 Å². The number of rotatable bonds is 12. The van der Waals surface area contributed by atoms with Crippen molar-refractivity contribution < 1.29 is 38.8 Å². The zero-order valence-electron chi connectivity index (χ0n) is 20.8. The van der Waals surface area contributed by atoms with Crippen molar-refractivity contribution in [2.75, 3.05) is 40.5 Å². The van der Waals surface area contributed by atoms with Gasteiger partial charge in [0, 0.05) is 43.8 Å². The molecule has 10 nitrogen and oxygen atoms in total. The first-order chi connectivity index (χ1) is 17.2. The minimum absolute atomic E-state index is 0.0535. The van der Waals surface area contributed by atoms with Gasteiger partial charge in [0.15, 0.2) is 11.5 Å². The third kappa shape index (κ3) is 7.76. The zero-order valence-corrected chi connectivity index (χ0v) is 23.0. The average molecular weight is 616 g/mol. The van der Waals surface area contributed by atoms with Crippen molar-refractivity contribution in [3.8, 4) is 11.5 Å². The lowest BCUT2D eigenvalue weighted by Crippen LogP contribution is -2.55. The highest BCUT2D eigenvalue weighted by Crippen LogP contribution is 2.36. The van der Waals surface area contributed by atoms with Crippen LogP contribution in [0.1, 0.15) is 30.6 Å². The maximum atomic E-state index is 13.1. The summed E-state index contributed by atoms with van der Waals surface area (Å²) in [5.74, 6) is -0.183. The minimum Gasteiger partial charge on any atom is -0.493 e. The lowest BCUT2D eigenvalue weighted by molar-refractivity contribution is -0.134. The highest BCUT2D eigenvalue weighted by atomic mass is 127. The van der Waals surface area contributed by atoms with Crippen molar-refractivity contribution in [2.45, 2.75) is 38.5 Å². The second-order valence-corrected chi connectivity index (χ2v) is 9.58. The smallest absolute Gasteiger partial charge is 0.247 e. The van der Waals surface area contributed by atoms with E-state index in [-0.39, 0.29) is 44.4 Å². The summed E-state index contributed by atoms with van der Waals surface area (Å²) < 4.78 is 17.3. The van der Waals surface area contributed by atoms with E-state index < -0.39 is 24.2 Å². The molecule has 0 fully saturated rings. The molecule has 0 radical (unpaired) electrons. The highest BCUT2D eigenvalue weighted by molar-refractivity contribution is 14.1. The summed E-state index contributed by atoms with van der Waals surface area (Å²) in [5.41, 5.74) is 1.48. The molecule has 0 saturated heterocycles.